The topological polar surface area (TPSA) is 44.9 Å². The van der Waals surface area contributed by atoms with Gasteiger partial charge in [0.15, 0.2) is 0 Å². The van der Waals surface area contributed by atoms with Gasteiger partial charge in [-0.25, -0.2) is 9.37 Å². The molecule has 7 heteroatoms. The number of aromatic nitrogens is 4. The van der Waals surface area contributed by atoms with Crippen LogP contribution < -0.4 is 4.74 Å². The minimum atomic E-state index is -0.288. The number of aryl methyl sites for hydroxylation is 1. The van der Waals surface area contributed by atoms with Crippen molar-refractivity contribution in [3.8, 4) is 34.1 Å². The number of ether oxygens (including phenoxy) is 1. The molecule has 0 aliphatic heterocycles. The molecule has 0 amide bonds. The van der Waals surface area contributed by atoms with Crippen molar-refractivity contribution in [3.05, 3.63) is 132 Å². The average molecular weight is 774 g/mol. The van der Waals surface area contributed by atoms with Gasteiger partial charge in [-0.15, -0.1) is 35.7 Å². The van der Waals surface area contributed by atoms with Gasteiger partial charge in [-0.2, -0.15) is 17.2 Å². The molecular weight excluding hydrogens is 743 g/mol. The first-order valence-electron chi connectivity index (χ1n) is 14.8. The van der Waals surface area contributed by atoms with Crippen molar-refractivity contribution in [1.82, 2.24) is 19.3 Å². The van der Waals surface area contributed by atoms with E-state index in [0.29, 0.717) is 17.4 Å². The van der Waals surface area contributed by atoms with Crippen molar-refractivity contribution in [2.45, 2.75) is 34.1 Å². The average Bonchev–Trinajstić information content (AvgIpc) is 3.49. The second kappa shape index (κ2) is 12.5. The minimum absolute atomic E-state index is 0. The van der Waals surface area contributed by atoms with Gasteiger partial charge in [0.2, 0.25) is 0 Å². The van der Waals surface area contributed by atoms with E-state index in [4.69, 9.17) is 14.8 Å². The fourth-order valence-corrected chi connectivity index (χ4v) is 6.01. The Labute approximate surface area is 276 Å². The third-order valence-electron chi connectivity index (χ3n) is 7.85. The Morgan fingerprint density at radius 2 is 1.64 bits per heavy atom. The Bertz CT molecular complexity index is 2150. The van der Waals surface area contributed by atoms with Crippen molar-refractivity contribution in [1.29, 1.82) is 0 Å². The summed E-state index contributed by atoms with van der Waals surface area (Å²) in [5.41, 5.74) is 7.81. The summed E-state index contributed by atoms with van der Waals surface area (Å²) < 4.78 is 24.7. The van der Waals surface area contributed by atoms with Gasteiger partial charge in [0.25, 0.3) is 0 Å². The summed E-state index contributed by atoms with van der Waals surface area (Å²) in [7, 11) is 0. The van der Waals surface area contributed by atoms with Crippen LogP contribution in [-0.4, -0.2) is 19.3 Å². The Hall–Kier alpha value is -4.54. The second-order valence-electron chi connectivity index (χ2n) is 11.5. The predicted molar refractivity (Wildman–Crippen MR) is 173 cm³/mol. The minimum Gasteiger partial charge on any atom is -0.509 e. The Kier molecular flexibility index (Phi) is 8.44. The molecule has 0 saturated carbocycles. The molecule has 0 aliphatic rings. The van der Waals surface area contributed by atoms with Crippen LogP contribution in [-0.2, 0) is 27.5 Å². The first-order chi connectivity index (χ1) is 21.4. The molecule has 0 aliphatic carbocycles. The SMILES string of the molecule is Cc1nn(-c2[c-]c(Oc3[c-]c4c(cc3)c3cc(F)ccc3n4-c3cc(CC(C)C)ccn3)ccc2)c(C)c1-c1ccccc1.[Pt+2]. The summed E-state index contributed by atoms with van der Waals surface area (Å²) in [4.78, 5) is 4.70. The van der Waals surface area contributed by atoms with Crippen LogP contribution in [0.15, 0.2) is 97.2 Å². The summed E-state index contributed by atoms with van der Waals surface area (Å²) in [5, 5.41) is 6.50. The second-order valence-corrected chi connectivity index (χ2v) is 11.5. The molecule has 0 N–H and O–H groups in total. The summed E-state index contributed by atoms with van der Waals surface area (Å²) in [6.45, 7) is 8.49. The number of hydrogen-bond donors (Lipinski definition) is 0. The number of benzene rings is 4. The maximum absolute atomic E-state index is 14.4. The maximum Gasteiger partial charge on any atom is 2.00 e. The van der Waals surface area contributed by atoms with Crippen LogP contribution in [0.5, 0.6) is 11.5 Å². The van der Waals surface area contributed by atoms with E-state index in [-0.39, 0.29) is 26.9 Å². The molecule has 0 atom stereocenters. The Morgan fingerprint density at radius 1 is 0.844 bits per heavy atom. The van der Waals surface area contributed by atoms with Gasteiger partial charge in [0, 0.05) is 34.5 Å². The van der Waals surface area contributed by atoms with Crippen LogP contribution in [0.3, 0.4) is 0 Å². The first-order valence-corrected chi connectivity index (χ1v) is 14.8. The van der Waals surface area contributed by atoms with Crippen LogP contribution in [0.4, 0.5) is 4.39 Å². The van der Waals surface area contributed by atoms with E-state index in [1.54, 1.807) is 12.1 Å². The molecule has 0 spiro atoms. The van der Waals surface area contributed by atoms with E-state index in [2.05, 4.69) is 51.1 Å². The fraction of sp³-hybridized carbons (Fsp3) is 0.158. The van der Waals surface area contributed by atoms with Gasteiger partial charge < -0.3 is 9.30 Å². The van der Waals surface area contributed by atoms with E-state index < -0.39 is 0 Å². The number of hydrogen-bond acceptors (Lipinski definition) is 3. The largest absolute Gasteiger partial charge is 2.00 e. The summed E-state index contributed by atoms with van der Waals surface area (Å²) in [6, 6.07) is 35.7. The maximum atomic E-state index is 14.4. The zero-order chi connectivity index (χ0) is 30.4. The molecule has 7 aromatic rings. The van der Waals surface area contributed by atoms with E-state index in [9.17, 15) is 4.39 Å². The van der Waals surface area contributed by atoms with Gasteiger partial charge in [-0.1, -0.05) is 49.7 Å². The smallest absolute Gasteiger partial charge is 0.509 e. The molecule has 5 nitrogen and oxygen atoms in total. The number of nitrogens with zero attached hydrogens (tertiary/aromatic N) is 4. The monoisotopic (exact) mass is 773 g/mol. The zero-order valence-corrected chi connectivity index (χ0v) is 27.7. The number of rotatable bonds is 7. The van der Waals surface area contributed by atoms with Crippen molar-refractivity contribution in [2.75, 3.05) is 0 Å². The van der Waals surface area contributed by atoms with Crippen LogP contribution in [0, 0.1) is 37.7 Å². The Morgan fingerprint density at radius 3 is 2.44 bits per heavy atom. The van der Waals surface area contributed by atoms with Crippen molar-refractivity contribution in [3.63, 3.8) is 0 Å². The molecule has 0 radical (unpaired) electrons. The Balaban J connectivity index is 0.00000357. The molecule has 0 unspecified atom stereocenters. The fourth-order valence-electron chi connectivity index (χ4n) is 6.01. The molecule has 0 bridgehead atoms. The van der Waals surface area contributed by atoms with Gasteiger partial charge in [-0.3, -0.25) is 4.68 Å². The molecule has 0 saturated heterocycles. The van der Waals surface area contributed by atoms with Gasteiger partial charge in [0.1, 0.15) is 11.6 Å². The summed E-state index contributed by atoms with van der Waals surface area (Å²) in [5.74, 6) is 2.04. The number of halogens is 1. The standard InChI is InChI=1S/C38H31FN4O.Pt/c1-24(2)19-27-17-18-40-37(20-27)42-35-16-13-29(39)21-34(35)33-15-14-32(23-36(33)42)44-31-12-8-11-30(22-31)43-26(4)38(25(3)41-43)28-9-6-5-7-10-28;/h5-18,20-21,24H,19H2,1-4H3;/q-2;+2. The van der Waals surface area contributed by atoms with E-state index in [1.165, 1.54) is 11.6 Å². The quantitative estimate of drug-likeness (QED) is 0.152. The van der Waals surface area contributed by atoms with Crippen molar-refractivity contribution >= 4 is 21.8 Å². The summed E-state index contributed by atoms with van der Waals surface area (Å²) in [6.07, 6.45) is 2.77. The van der Waals surface area contributed by atoms with Gasteiger partial charge in [0.05, 0.1) is 5.69 Å². The molecule has 3 heterocycles. The third kappa shape index (κ3) is 5.83. The zero-order valence-electron chi connectivity index (χ0n) is 25.4. The first kappa shape index (κ1) is 30.5. The normalized spacial score (nSPS) is 11.3. The molecule has 45 heavy (non-hydrogen) atoms. The van der Waals surface area contributed by atoms with E-state index >= 15 is 0 Å². The van der Waals surface area contributed by atoms with E-state index in [0.717, 1.165) is 62.2 Å². The van der Waals surface area contributed by atoms with Crippen LogP contribution in [0.1, 0.15) is 30.8 Å². The number of fused-ring (bicyclic) bond motifs is 3. The van der Waals surface area contributed by atoms with Crippen LogP contribution in [0.25, 0.3) is 44.4 Å². The molecule has 0 fully saturated rings. The van der Waals surface area contributed by atoms with Crippen molar-refractivity contribution in [2.24, 2.45) is 5.92 Å². The van der Waals surface area contributed by atoms with Crippen LogP contribution in [0.2, 0.25) is 0 Å². The molecule has 3 aromatic heterocycles. The molecular formula is C38H31FN4OPt. The van der Waals surface area contributed by atoms with Gasteiger partial charge in [-0.05, 0) is 78.7 Å². The molecule has 226 valence electrons. The van der Waals surface area contributed by atoms with E-state index in [1.807, 2.05) is 77.0 Å². The van der Waals surface area contributed by atoms with Gasteiger partial charge >= 0.3 is 21.1 Å². The molecule has 4 aromatic carbocycles. The van der Waals surface area contributed by atoms with Crippen LogP contribution >= 0.6 is 0 Å². The number of pyridine rings is 1. The predicted octanol–water partition coefficient (Wildman–Crippen LogP) is 9.38. The molecule has 7 rings (SSSR count). The third-order valence-corrected chi connectivity index (χ3v) is 7.85. The summed E-state index contributed by atoms with van der Waals surface area (Å²) >= 11 is 0. The van der Waals surface area contributed by atoms with Crippen molar-refractivity contribution < 1.29 is 30.2 Å².